The van der Waals surface area contributed by atoms with Gasteiger partial charge in [0.05, 0.1) is 6.54 Å². The molecule has 3 N–H and O–H groups in total. The van der Waals surface area contributed by atoms with E-state index in [1.165, 1.54) is 5.56 Å². The second-order valence-electron chi connectivity index (χ2n) is 5.68. The molecule has 1 aromatic rings. The van der Waals surface area contributed by atoms with E-state index < -0.39 is 0 Å². The van der Waals surface area contributed by atoms with E-state index in [0.29, 0.717) is 18.2 Å². The zero-order chi connectivity index (χ0) is 15.0. The molecule has 0 bridgehead atoms. The molecule has 0 aliphatic heterocycles. The molecule has 4 nitrogen and oxygen atoms in total. The lowest BCUT2D eigenvalue weighted by Gasteiger charge is -2.14. The highest BCUT2D eigenvalue weighted by molar-refractivity contribution is 5.77. The number of aryl methyl sites for hydroxylation is 1. The van der Waals surface area contributed by atoms with Gasteiger partial charge in [0.15, 0.2) is 0 Å². The summed E-state index contributed by atoms with van der Waals surface area (Å²) in [4.78, 5) is 11.6. The predicted molar refractivity (Wildman–Crippen MR) is 81.7 cm³/mol. The van der Waals surface area contributed by atoms with Crippen molar-refractivity contribution in [1.29, 1.82) is 0 Å². The van der Waals surface area contributed by atoms with Crippen LogP contribution in [0.4, 0.5) is 0 Å². The van der Waals surface area contributed by atoms with Crippen LogP contribution in [0.5, 0.6) is 5.75 Å². The first-order chi connectivity index (χ1) is 9.47. The standard InChI is InChI=1S/C16H26N2O2/c1-12(2)10-18-16(20)11-17-13(3)4-5-14-6-8-15(19)9-7-14/h6-9,12-13,17,19H,4-5,10-11H2,1-3H3,(H,18,20). The van der Waals surface area contributed by atoms with Crippen LogP contribution in [0.1, 0.15) is 32.8 Å². The maximum absolute atomic E-state index is 11.6. The fourth-order valence-corrected chi connectivity index (χ4v) is 1.80. The molecule has 112 valence electrons. The second-order valence-corrected chi connectivity index (χ2v) is 5.68. The van der Waals surface area contributed by atoms with E-state index in [1.54, 1.807) is 12.1 Å². The molecule has 1 aromatic carbocycles. The van der Waals surface area contributed by atoms with Gasteiger partial charge in [-0.05, 0) is 43.4 Å². The lowest BCUT2D eigenvalue weighted by molar-refractivity contribution is -0.120. The predicted octanol–water partition coefficient (Wildman–Crippen LogP) is 2.08. The highest BCUT2D eigenvalue weighted by Crippen LogP contribution is 2.11. The van der Waals surface area contributed by atoms with Crippen LogP contribution in [-0.4, -0.2) is 30.1 Å². The largest absolute Gasteiger partial charge is 0.508 e. The fraction of sp³-hybridized carbons (Fsp3) is 0.562. The van der Waals surface area contributed by atoms with Crippen LogP contribution >= 0.6 is 0 Å². The first-order valence-electron chi connectivity index (χ1n) is 7.25. The van der Waals surface area contributed by atoms with Gasteiger partial charge in [-0.3, -0.25) is 4.79 Å². The van der Waals surface area contributed by atoms with Crippen molar-refractivity contribution in [2.24, 2.45) is 5.92 Å². The first kappa shape index (κ1) is 16.5. The zero-order valence-corrected chi connectivity index (χ0v) is 12.6. The zero-order valence-electron chi connectivity index (χ0n) is 12.6. The normalized spacial score (nSPS) is 12.4. The van der Waals surface area contributed by atoms with Crippen molar-refractivity contribution < 1.29 is 9.90 Å². The summed E-state index contributed by atoms with van der Waals surface area (Å²) in [6.45, 7) is 7.32. The van der Waals surface area contributed by atoms with Crippen molar-refractivity contribution >= 4 is 5.91 Å². The van der Waals surface area contributed by atoms with Crippen molar-refractivity contribution in [2.75, 3.05) is 13.1 Å². The summed E-state index contributed by atoms with van der Waals surface area (Å²) in [5.74, 6) is 0.822. The third-order valence-electron chi connectivity index (χ3n) is 3.12. The molecule has 1 amide bonds. The molecule has 0 saturated carbocycles. The summed E-state index contributed by atoms with van der Waals surface area (Å²) >= 11 is 0. The Balaban J connectivity index is 2.18. The minimum atomic E-state index is 0.0511. The number of carbonyl (C=O) groups excluding carboxylic acids is 1. The van der Waals surface area contributed by atoms with Crippen molar-refractivity contribution in [3.8, 4) is 5.75 Å². The third-order valence-corrected chi connectivity index (χ3v) is 3.12. The van der Waals surface area contributed by atoms with Crippen LogP contribution < -0.4 is 10.6 Å². The van der Waals surface area contributed by atoms with Crippen LogP contribution in [0.15, 0.2) is 24.3 Å². The topological polar surface area (TPSA) is 61.4 Å². The maximum Gasteiger partial charge on any atom is 0.233 e. The third kappa shape index (κ3) is 7.14. The summed E-state index contributed by atoms with van der Waals surface area (Å²) in [5, 5.41) is 15.3. The van der Waals surface area contributed by atoms with Crippen molar-refractivity contribution in [3.63, 3.8) is 0 Å². The van der Waals surface area contributed by atoms with Gasteiger partial charge >= 0.3 is 0 Å². The summed E-state index contributed by atoms with van der Waals surface area (Å²) < 4.78 is 0. The lowest BCUT2D eigenvalue weighted by atomic mass is 10.1. The van der Waals surface area contributed by atoms with Crippen LogP contribution in [0, 0.1) is 5.92 Å². The van der Waals surface area contributed by atoms with Gasteiger partial charge in [-0.15, -0.1) is 0 Å². The van der Waals surface area contributed by atoms with Gasteiger partial charge in [0.2, 0.25) is 5.91 Å². The Morgan fingerprint density at radius 2 is 1.85 bits per heavy atom. The van der Waals surface area contributed by atoms with Gasteiger partial charge in [0.25, 0.3) is 0 Å². The number of rotatable bonds is 8. The smallest absolute Gasteiger partial charge is 0.233 e. The SMILES string of the molecule is CC(C)CNC(=O)CNC(C)CCc1ccc(O)cc1. The molecule has 1 atom stereocenters. The van der Waals surface area contributed by atoms with Gasteiger partial charge in [-0.25, -0.2) is 0 Å². The Morgan fingerprint density at radius 3 is 2.45 bits per heavy atom. The van der Waals surface area contributed by atoms with Crippen LogP contribution in [0.2, 0.25) is 0 Å². The van der Waals surface area contributed by atoms with Gasteiger partial charge in [-0.1, -0.05) is 26.0 Å². The molecule has 0 aromatic heterocycles. The second kappa shape index (κ2) is 8.59. The Hall–Kier alpha value is -1.55. The first-order valence-corrected chi connectivity index (χ1v) is 7.25. The highest BCUT2D eigenvalue weighted by atomic mass is 16.3. The number of carbonyl (C=O) groups is 1. The van der Waals surface area contributed by atoms with Gasteiger partial charge in [0, 0.05) is 12.6 Å². The molecular weight excluding hydrogens is 252 g/mol. The van der Waals surface area contributed by atoms with Crippen LogP contribution in [-0.2, 0) is 11.2 Å². The summed E-state index contributed by atoms with van der Waals surface area (Å²) in [7, 11) is 0. The van der Waals surface area contributed by atoms with E-state index in [1.807, 2.05) is 12.1 Å². The minimum Gasteiger partial charge on any atom is -0.508 e. The fourth-order valence-electron chi connectivity index (χ4n) is 1.80. The molecular formula is C16H26N2O2. The number of phenolic OH excluding ortho intramolecular Hbond substituents is 1. The van der Waals surface area contributed by atoms with Gasteiger partial charge in [-0.2, -0.15) is 0 Å². The molecule has 1 rings (SSSR count). The van der Waals surface area contributed by atoms with Gasteiger partial charge < -0.3 is 15.7 Å². The molecule has 0 aliphatic carbocycles. The van der Waals surface area contributed by atoms with E-state index in [0.717, 1.165) is 19.4 Å². The van der Waals surface area contributed by atoms with Crippen LogP contribution in [0.3, 0.4) is 0 Å². The van der Waals surface area contributed by atoms with E-state index in [2.05, 4.69) is 31.4 Å². The molecule has 1 unspecified atom stereocenters. The molecule has 0 heterocycles. The minimum absolute atomic E-state index is 0.0511. The molecule has 0 aliphatic rings. The van der Waals surface area contributed by atoms with Crippen molar-refractivity contribution in [3.05, 3.63) is 29.8 Å². The lowest BCUT2D eigenvalue weighted by Crippen LogP contribution is -2.39. The van der Waals surface area contributed by atoms with Crippen molar-refractivity contribution in [1.82, 2.24) is 10.6 Å². The Kier molecular flexibility index (Phi) is 7.09. The average Bonchev–Trinajstić information content (AvgIpc) is 2.42. The summed E-state index contributed by atoms with van der Waals surface area (Å²) in [6.07, 6.45) is 1.89. The Bertz CT molecular complexity index is 401. The number of amides is 1. The summed E-state index contributed by atoms with van der Waals surface area (Å²) in [5.41, 5.74) is 1.20. The van der Waals surface area contributed by atoms with Gasteiger partial charge in [0.1, 0.15) is 5.75 Å². The molecule has 0 spiro atoms. The maximum atomic E-state index is 11.6. The molecule has 4 heteroatoms. The summed E-state index contributed by atoms with van der Waals surface area (Å²) in [6, 6.07) is 7.54. The molecule has 0 fully saturated rings. The van der Waals surface area contributed by atoms with E-state index >= 15 is 0 Å². The molecule has 0 radical (unpaired) electrons. The number of hydrogen-bond acceptors (Lipinski definition) is 3. The highest BCUT2D eigenvalue weighted by Gasteiger charge is 2.06. The Labute approximate surface area is 121 Å². The average molecular weight is 278 g/mol. The van der Waals surface area contributed by atoms with E-state index in [4.69, 9.17) is 0 Å². The number of phenols is 1. The number of hydrogen-bond donors (Lipinski definition) is 3. The number of benzene rings is 1. The van der Waals surface area contributed by atoms with E-state index in [-0.39, 0.29) is 11.9 Å². The molecule has 0 saturated heterocycles. The Morgan fingerprint density at radius 1 is 1.20 bits per heavy atom. The van der Waals surface area contributed by atoms with Crippen LogP contribution in [0.25, 0.3) is 0 Å². The number of aromatic hydroxyl groups is 1. The molecule has 20 heavy (non-hydrogen) atoms. The monoisotopic (exact) mass is 278 g/mol. The number of nitrogens with one attached hydrogen (secondary N) is 2. The quantitative estimate of drug-likeness (QED) is 0.682. The van der Waals surface area contributed by atoms with E-state index in [9.17, 15) is 9.90 Å². The van der Waals surface area contributed by atoms with Crippen molar-refractivity contribution in [2.45, 2.75) is 39.7 Å².